The number of nitrogens with zero attached hydrogens (tertiary/aromatic N) is 3. The van der Waals surface area contributed by atoms with E-state index in [-0.39, 0.29) is 52.6 Å². The molecule has 3 amide bonds. The molecule has 0 bridgehead atoms. The first kappa shape index (κ1) is 22.8. The number of hydrogen-bond donors (Lipinski definition) is 1. The van der Waals surface area contributed by atoms with E-state index < -0.39 is 29.2 Å². The predicted molar refractivity (Wildman–Crippen MR) is 121 cm³/mol. The van der Waals surface area contributed by atoms with E-state index in [1.165, 1.54) is 38.6 Å². The minimum atomic E-state index is -1.30. The minimum Gasteiger partial charge on any atom is -0.495 e. The molecule has 0 aliphatic carbocycles. The predicted octanol–water partition coefficient (Wildman–Crippen LogP) is 4.94. The van der Waals surface area contributed by atoms with Crippen molar-refractivity contribution < 1.29 is 32.2 Å². The number of nitrogens with one attached hydrogen (secondary N) is 1. The summed E-state index contributed by atoms with van der Waals surface area (Å²) in [6.07, 6.45) is 1.24. The third-order valence-electron chi connectivity index (χ3n) is 5.79. The highest BCUT2D eigenvalue weighted by Crippen LogP contribution is 2.48. The van der Waals surface area contributed by atoms with Gasteiger partial charge < -0.3 is 14.8 Å². The first-order chi connectivity index (χ1) is 16.8. The summed E-state index contributed by atoms with van der Waals surface area (Å²) in [6.45, 7) is -0.233. The fraction of sp³-hybridized carbons (Fsp3) is 0.174. The lowest BCUT2D eigenvalue weighted by atomic mass is 10.0. The number of carbonyl (C=O) groups excluding carboxylic acids is 2. The molecule has 5 rings (SSSR count). The molecule has 1 N–H and O–H groups in total. The molecule has 0 spiro atoms. The molecule has 2 aromatic carbocycles. The maximum absolute atomic E-state index is 15.4. The summed E-state index contributed by atoms with van der Waals surface area (Å²) in [4.78, 5) is 32.0. The highest BCUT2D eigenvalue weighted by molar-refractivity contribution is 6.35. The van der Waals surface area contributed by atoms with E-state index >= 15 is 4.39 Å². The fourth-order valence-electron chi connectivity index (χ4n) is 4.22. The molecule has 0 atom stereocenters. The molecular weight excluding hydrogens is 489 g/mol. The highest BCUT2D eigenvalue weighted by atomic mass is 35.5. The molecule has 2 aliphatic rings. The SMILES string of the molecule is COc1cc(OC)c(Cl)c(N2Cc3cnc4c(c3N(c3cccc(F)c3F)C2=O)CC(=O)N4)c1F. The van der Waals surface area contributed by atoms with Crippen LogP contribution in [-0.2, 0) is 17.8 Å². The molecule has 12 heteroatoms. The molecule has 8 nitrogen and oxygen atoms in total. The van der Waals surface area contributed by atoms with Gasteiger partial charge in [-0.3, -0.25) is 14.6 Å². The number of urea groups is 1. The summed E-state index contributed by atoms with van der Waals surface area (Å²) in [5.41, 5.74) is 0.0281. The van der Waals surface area contributed by atoms with Crippen LogP contribution >= 0.6 is 11.6 Å². The number of carbonyl (C=O) groups is 2. The zero-order valence-electron chi connectivity index (χ0n) is 18.3. The number of rotatable bonds is 4. The zero-order valence-corrected chi connectivity index (χ0v) is 19.0. The van der Waals surface area contributed by atoms with Crippen molar-refractivity contribution in [1.82, 2.24) is 4.98 Å². The quantitative estimate of drug-likeness (QED) is 0.544. The van der Waals surface area contributed by atoms with Crippen molar-refractivity contribution in [3.8, 4) is 11.5 Å². The van der Waals surface area contributed by atoms with E-state index in [0.29, 0.717) is 11.1 Å². The van der Waals surface area contributed by atoms with Crippen molar-refractivity contribution in [3.63, 3.8) is 0 Å². The van der Waals surface area contributed by atoms with Crippen LogP contribution in [0.4, 0.5) is 40.8 Å². The number of benzene rings is 2. The largest absolute Gasteiger partial charge is 0.495 e. The molecule has 3 heterocycles. The highest BCUT2D eigenvalue weighted by Gasteiger charge is 2.41. The van der Waals surface area contributed by atoms with E-state index in [0.717, 1.165) is 15.9 Å². The molecule has 0 saturated carbocycles. The summed E-state index contributed by atoms with van der Waals surface area (Å²) in [5, 5.41) is 2.34. The van der Waals surface area contributed by atoms with Crippen LogP contribution in [0.1, 0.15) is 11.1 Å². The maximum atomic E-state index is 15.4. The van der Waals surface area contributed by atoms with Crippen LogP contribution in [-0.4, -0.2) is 31.1 Å². The Labute approximate surface area is 201 Å². The molecule has 0 saturated heterocycles. The Morgan fingerprint density at radius 3 is 2.51 bits per heavy atom. The first-order valence-electron chi connectivity index (χ1n) is 10.2. The maximum Gasteiger partial charge on any atom is 0.334 e. The van der Waals surface area contributed by atoms with E-state index in [2.05, 4.69) is 10.3 Å². The lowest BCUT2D eigenvalue weighted by Crippen LogP contribution is -2.46. The second-order valence-corrected chi connectivity index (χ2v) is 8.10. The van der Waals surface area contributed by atoms with Crippen LogP contribution in [0.5, 0.6) is 11.5 Å². The second-order valence-electron chi connectivity index (χ2n) is 7.72. The van der Waals surface area contributed by atoms with E-state index in [1.807, 2.05) is 0 Å². The molecule has 2 aliphatic heterocycles. The van der Waals surface area contributed by atoms with Crippen LogP contribution in [0, 0.1) is 17.5 Å². The number of anilines is 4. The second kappa shape index (κ2) is 8.35. The van der Waals surface area contributed by atoms with Gasteiger partial charge in [0.1, 0.15) is 22.3 Å². The summed E-state index contributed by atoms with van der Waals surface area (Å²) >= 11 is 6.39. The normalized spacial score (nSPS) is 14.6. The molecule has 0 unspecified atom stereocenters. The van der Waals surface area contributed by atoms with Crippen LogP contribution in [0.3, 0.4) is 0 Å². The summed E-state index contributed by atoms with van der Waals surface area (Å²) < 4.78 is 54.9. The van der Waals surface area contributed by atoms with Gasteiger partial charge in [-0.1, -0.05) is 17.7 Å². The third kappa shape index (κ3) is 3.42. The van der Waals surface area contributed by atoms with E-state index in [4.69, 9.17) is 21.1 Å². The number of methoxy groups -OCH3 is 2. The third-order valence-corrected chi connectivity index (χ3v) is 6.15. The van der Waals surface area contributed by atoms with Gasteiger partial charge in [0.25, 0.3) is 0 Å². The van der Waals surface area contributed by atoms with Gasteiger partial charge in [-0.25, -0.2) is 22.9 Å². The Morgan fingerprint density at radius 1 is 1.06 bits per heavy atom. The molecule has 180 valence electrons. The summed E-state index contributed by atoms with van der Waals surface area (Å²) in [6, 6.07) is 3.61. The van der Waals surface area contributed by atoms with Gasteiger partial charge in [0.2, 0.25) is 5.91 Å². The van der Waals surface area contributed by atoms with Gasteiger partial charge in [0.05, 0.1) is 38.6 Å². The average Bonchev–Trinajstić information content (AvgIpc) is 3.22. The average molecular weight is 505 g/mol. The number of amides is 3. The molecule has 3 aromatic rings. The van der Waals surface area contributed by atoms with Crippen molar-refractivity contribution >= 4 is 46.4 Å². The minimum absolute atomic E-state index is 0.0314. The summed E-state index contributed by atoms with van der Waals surface area (Å²) in [7, 11) is 2.54. The standard InChI is InChI=1S/C23H16ClF3N4O4/c1-34-14-7-15(35-2)19(27)21(17(14)24)30-9-10-8-28-22-11(6-16(32)29-22)20(10)31(23(30)33)13-5-3-4-12(25)18(13)26/h3-5,7-8H,6,9H2,1-2H3,(H,28,29,32). The van der Waals surface area contributed by atoms with Crippen molar-refractivity contribution in [2.75, 3.05) is 29.3 Å². The number of pyridine rings is 1. The Balaban J connectivity index is 1.78. The Morgan fingerprint density at radius 2 is 1.80 bits per heavy atom. The smallest absolute Gasteiger partial charge is 0.334 e. The summed E-state index contributed by atoms with van der Waals surface area (Å²) in [5.74, 6) is -3.84. The molecule has 35 heavy (non-hydrogen) atoms. The van der Waals surface area contributed by atoms with Crippen LogP contribution in [0.2, 0.25) is 5.02 Å². The lowest BCUT2D eigenvalue weighted by Gasteiger charge is -2.38. The van der Waals surface area contributed by atoms with E-state index in [1.54, 1.807) is 0 Å². The van der Waals surface area contributed by atoms with Crippen molar-refractivity contribution in [2.45, 2.75) is 13.0 Å². The van der Waals surface area contributed by atoms with Gasteiger partial charge in [-0.05, 0) is 12.1 Å². The van der Waals surface area contributed by atoms with E-state index in [9.17, 15) is 18.4 Å². The molecule has 1 aromatic heterocycles. The van der Waals surface area contributed by atoms with Crippen molar-refractivity contribution in [3.05, 3.63) is 64.1 Å². The van der Waals surface area contributed by atoms with Crippen LogP contribution in [0.25, 0.3) is 0 Å². The molecule has 0 radical (unpaired) electrons. The van der Waals surface area contributed by atoms with Gasteiger partial charge >= 0.3 is 6.03 Å². The fourth-order valence-corrected chi connectivity index (χ4v) is 4.54. The molecule has 0 fully saturated rings. The van der Waals surface area contributed by atoms with Crippen LogP contribution in [0.15, 0.2) is 30.5 Å². The van der Waals surface area contributed by atoms with Crippen LogP contribution < -0.4 is 24.6 Å². The Hall–Kier alpha value is -3.99. The number of halogens is 4. The van der Waals surface area contributed by atoms with Gasteiger partial charge in [0.15, 0.2) is 23.2 Å². The number of ether oxygens (including phenoxy) is 2. The van der Waals surface area contributed by atoms with Crippen molar-refractivity contribution in [1.29, 1.82) is 0 Å². The monoisotopic (exact) mass is 504 g/mol. The first-order valence-corrected chi connectivity index (χ1v) is 10.6. The number of hydrogen-bond acceptors (Lipinski definition) is 5. The molecular formula is C23H16ClF3N4O4. The zero-order chi connectivity index (χ0) is 25.0. The van der Waals surface area contributed by atoms with Gasteiger partial charge in [-0.15, -0.1) is 0 Å². The lowest BCUT2D eigenvalue weighted by molar-refractivity contribution is -0.115. The number of fused-ring (bicyclic) bond motifs is 3. The topological polar surface area (TPSA) is 84.0 Å². The van der Waals surface area contributed by atoms with Gasteiger partial charge in [0, 0.05) is 23.4 Å². The number of aromatic nitrogens is 1. The Bertz CT molecular complexity index is 1390. The Kier molecular flexibility index (Phi) is 5.43. The van der Waals surface area contributed by atoms with Crippen molar-refractivity contribution in [2.24, 2.45) is 0 Å². The van der Waals surface area contributed by atoms with Gasteiger partial charge in [-0.2, -0.15) is 0 Å².